The minimum Gasteiger partial charge on any atom is -0.372 e. The van der Waals surface area contributed by atoms with E-state index in [-0.39, 0.29) is 6.41 Å². The molecule has 0 radical (unpaired) electrons. The Morgan fingerprint density at radius 3 is 1.78 bits per heavy atom. The lowest BCUT2D eigenvalue weighted by Gasteiger charge is -2.23. The van der Waals surface area contributed by atoms with E-state index >= 15 is 0 Å². The summed E-state index contributed by atoms with van der Waals surface area (Å²) in [5.41, 5.74) is 6.37. The molecule has 0 rings (SSSR count). The molecular weight excluding hydrogens is 228 g/mol. The van der Waals surface area contributed by atoms with Crippen molar-refractivity contribution in [1.29, 1.82) is 0 Å². The average molecular weight is 256 g/mol. The maximum Gasteiger partial charge on any atom is 0.204 e. The van der Waals surface area contributed by atoms with Crippen LogP contribution in [0.5, 0.6) is 0 Å². The van der Waals surface area contributed by atoms with Gasteiger partial charge in [0.1, 0.15) is 6.29 Å². The van der Waals surface area contributed by atoms with Gasteiger partial charge in [0.25, 0.3) is 0 Å². The quantitative estimate of drug-likeness (QED) is 0.449. The zero-order valence-electron chi connectivity index (χ0n) is 12.4. The monoisotopic (exact) mass is 256 g/mol. The molecule has 0 aromatic carbocycles. The normalized spacial score (nSPS) is 8.94. The molecule has 0 aliphatic carbocycles. The first kappa shape index (κ1) is 21.8. The SMILES string of the molecule is C=C(C)C=O.C=C(C)CC(C)(C)CNC.NC=O. The molecule has 18 heavy (non-hydrogen) atoms. The number of primary amides is 1. The smallest absolute Gasteiger partial charge is 0.204 e. The number of nitrogens with one attached hydrogen (secondary N) is 1. The van der Waals surface area contributed by atoms with Crippen LogP contribution >= 0.6 is 0 Å². The Hall–Kier alpha value is -1.42. The van der Waals surface area contributed by atoms with Gasteiger partial charge in [-0.2, -0.15) is 0 Å². The minimum atomic E-state index is 0.250. The molecule has 0 fully saturated rings. The van der Waals surface area contributed by atoms with Gasteiger partial charge in [0.15, 0.2) is 0 Å². The number of rotatable bonds is 5. The Morgan fingerprint density at radius 1 is 1.28 bits per heavy atom. The van der Waals surface area contributed by atoms with Gasteiger partial charge < -0.3 is 11.1 Å². The Morgan fingerprint density at radius 2 is 1.61 bits per heavy atom. The third kappa shape index (κ3) is 29.3. The summed E-state index contributed by atoms with van der Waals surface area (Å²) in [7, 11) is 1.99. The van der Waals surface area contributed by atoms with Crippen molar-refractivity contribution in [2.24, 2.45) is 11.1 Å². The van der Waals surface area contributed by atoms with E-state index in [1.807, 2.05) is 7.05 Å². The van der Waals surface area contributed by atoms with Gasteiger partial charge in [-0.1, -0.05) is 26.0 Å². The Balaban J connectivity index is -0.000000235. The second kappa shape index (κ2) is 13.6. The minimum absolute atomic E-state index is 0.250. The number of amides is 1. The lowest BCUT2D eigenvalue weighted by molar-refractivity contribution is -0.107. The molecule has 106 valence electrons. The molecule has 0 aromatic heterocycles. The standard InChI is InChI=1S/C9H19N.C4H6O.CH3NO/c1-8(2)6-9(3,4)7-10-5;1-4(2)3-5;2-1-3/h10H,1,6-7H2,2-5H3;3H,1H2,2H3;1H,(H2,2,3). The van der Waals surface area contributed by atoms with Gasteiger partial charge >= 0.3 is 0 Å². The molecule has 0 atom stereocenters. The second-order valence-corrected chi connectivity index (χ2v) is 4.93. The van der Waals surface area contributed by atoms with E-state index in [1.165, 1.54) is 5.57 Å². The molecule has 0 saturated carbocycles. The maximum absolute atomic E-state index is 9.41. The van der Waals surface area contributed by atoms with Crippen LogP contribution in [0.1, 0.15) is 34.1 Å². The molecule has 1 amide bonds. The maximum atomic E-state index is 9.41. The van der Waals surface area contributed by atoms with Crippen molar-refractivity contribution in [3.8, 4) is 0 Å². The van der Waals surface area contributed by atoms with Crippen LogP contribution < -0.4 is 11.1 Å². The van der Waals surface area contributed by atoms with E-state index in [9.17, 15) is 4.79 Å². The molecule has 0 unspecified atom stereocenters. The number of nitrogens with two attached hydrogens (primary N) is 1. The number of aldehydes is 1. The second-order valence-electron chi connectivity index (χ2n) is 4.93. The van der Waals surface area contributed by atoms with E-state index in [4.69, 9.17) is 4.79 Å². The van der Waals surface area contributed by atoms with Crippen LogP contribution in [0.2, 0.25) is 0 Å². The zero-order valence-corrected chi connectivity index (χ0v) is 12.4. The fourth-order valence-corrected chi connectivity index (χ4v) is 1.36. The van der Waals surface area contributed by atoms with Crippen molar-refractivity contribution in [2.45, 2.75) is 34.1 Å². The summed E-state index contributed by atoms with van der Waals surface area (Å²) in [5, 5.41) is 3.17. The predicted molar refractivity (Wildman–Crippen MR) is 78.3 cm³/mol. The first-order chi connectivity index (χ1) is 8.16. The van der Waals surface area contributed by atoms with Crippen molar-refractivity contribution in [1.82, 2.24) is 5.32 Å². The number of hydrogen-bond donors (Lipinski definition) is 2. The van der Waals surface area contributed by atoms with E-state index in [2.05, 4.69) is 45.0 Å². The van der Waals surface area contributed by atoms with Gasteiger partial charge in [-0.3, -0.25) is 9.59 Å². The highest BCUT2D eigenvalue weighted by atomic mass is 16.1. The fourth-order valence-electron chi connectivity index (χ4n) is 1.36. The molecular formula is C14H28N2O2. The Bertz CT molecular complexity index is 259. The van der Waals surface area contributed by atoms with Gasteiger partial charge in [0.05, 0.1) is 0 Å². The van der Waals surface area contributed by atoms with Crippen molar-refractivity contribution in [3.05, 3.63) is 24.3 Å². The predicted octanol–water partition coefficient (Wildman–Crippen LogP) is 2.06. The van der Waals surface area contributed by atoms with E-state index in [0.29, 0.717) is 11.0 Å². The number of carbonyl (C=O) groups is 2. The Kier molecular flexibility index (Phi) is 16.5. The van der Waals surface area contributed by atoms with Crippen LogP contribution in [0.15, 0.2) is 24.3 Å². The Labute approximate surface area is 111 Å². The van der Waals surface area contributed by atoms with E-state index in [1.54, 1.807) is 6.92 Å². The number of carbonyl (C=O) groups excluding carboxylic acids is 2. The van der Waals surface area contributed by atoms with Crippen LogP contribution in [0.3, 0.4) is 0 Å². The average Bonchev–Trinajstić information content (AvgIpc) is 2.17. The molecule has 0 spiro atoms. The molecule has 0 aliphatic rings. The summed E-state index contributed by atoms with van der Waals surface area (Å²) in [5.74, 6) is 0. The zero-order chi connectivity index (χ0) is 15.2. The fraction of sp³-hybridized carbons (Fsp3) is 0.571. The van der Waals surface area contributed by atoms with E-state index < -0.39 is 0 Å². The highest BCUT2D eigenvalue weighted by Crippen LogP contribution is 2.22. The van der Waals surface area contributed by atoms with Gasteiger partial charge in [0.2, 0.25) is 6.41 Å². The van der Waals surface area contributed by atoms with Crippen LogP contribution in [0, 0.1) is 5.41 Å². The molecule has 0 heterocycles. The van der Waals surface area contributed by atoms with Gasteiger partial charge in [-0.05, 0) is 38.3 Å². The van der Waals surface area contributed by atoms with Crippen molar-refractivity contribution in [2.75, 3.05) is 13.6 Å². The lowest BCUT2D eigenvalue weighted by atomic mass is 9.86. The molecule has 0 aliphatic heterocycles. The van der Waals surface area contributed by atoms with Gasteiger partial charge in [0, 0.05) is 6.54 Å². The largest absolute Gasteiger partial charge is 0.372 e. The first-order valence-electron chi connectivity index (χ1n) is 5.71. The van der Waals surface area contributed by atoms with Gasteiger partial charge in [-0.15, -0.1) is 6.58 Å². The number of allylic oxidation sites excluding steroid dienone is 2. The van der Waals surface area contributed by atoms with Crippen LogP contribution in [-0.2, 0) is 9.59 Å². The van der Waals surface area contributed by atoms with Crippen molar-refractivity contribution in [3.63, 3.8) is 0 Å². The van der Waals surface area contributed by atoms with Crippen LogP contribution in [0.4, 0.5) is 0 Å². The molecule has 4 heteroatoms. The highest BCUT2D eigenvalue weighted by Gasteiger charge is 2.15. The van der Waals surface area contributed by atoms with Crippen LogP contribution in [0.25, 0.3) is 0 Å². The van der Waals surface area contributed by atoms with E-state index in [0.717, 1.165) is 19.3 Å². The van der Waals surface area contributed by atoms with Crippen molar-refractivity contribution >= 4 is 12.7 Å². The summed E-state index contributed by atoms with van der Waals surface area (Å²) < 4.78 is 0. The van der Waals surface area contributed by atoms with Gasteiger partial charge in [-0.25, -0.2) is 0 Å². The summed E-state index contributed by atoms with van der Waals surface area (Å²) in [6.45, 7) is 16.5. The van der Waals surface area contributed by atoms with Crippen molar-refractivity contribution < 1.29 is 9.59 Å². The summed E-state index contributed by atoms with van der Waals surface area (Å²) in [6, 6.07) is 0. The first-order valence-corrected chi connectivity index (χ1v) is 5.71. The topological polar surface area (TPSA) is 72.2 Å². The third-order valence-corrected chi connectivity index (χ3v) is 1.64. The number of hydrogen-bond acceptors (Lipinski definition) is 3. The molecule has 4 nitrogen and oxygen atoms in total. The molecule has 0 saturated heterocycles. The molecule has 0 aromatic rings. The molecule has 3 N–H and O–H groups in total. The summed E-state index contributed by atoms with van der Waals surface area (Å²) in [4.78, 5) is 18.0. The third-order valence-electron chi connectivity index (χ3n) is 1.64. The summed E-state index contributed by atoms with van der Waals surface area (Å²) in [6.07, 6.45) is 2.08. The highest BCUT2D eigenvalue weighted by molar-refractivity contribution is 5.70. The lowest BCUT2D eigenvalue weighted by Crippen LogP contribution is -2.26. The van der Waals surface area contributed by atoms with Crippen LogP contribution in [-0.4, -0.2) is 26.3 Å². The summed E-state index contributed by atoms with van der Waals surface area (Å²) >= 11 is 0. The molecule has 0 bridgehead atoms.